The van der Waals surface area contributed by atoms with Crippen LogP contribution < -0.4 is 5.32 Å². The Hall–Kier alpha value is -0.640. The molecule has 2 unspecified atom stereocenters. The molecule has 0 aromatic heterocycles. The van der Waals surface area contributed by atoms with Gasteiger partial charge in [-0.15, -0.1) is 0 Å². The van der Waals surface area contributed by atoms with Crippen LogP contribution in [-0.2, 0) is 10.0 Å². The number of likely N-dealkylation sites (N-methyl/N-ethyl adjacent to an activating group) is 1. The van der Waals surface area contributed by atoms with Crippen LogP contribution in [0.25, 0.3) is 0 Å². The van der Waals surface area contributed by atoms with E-state index in [0.29, 0.717) is 13.0 Å². The van der Waals surface area contributed by atoms with Crippen molar-refractivity contribution in [2.75, 3.05) is 20.1 Å². The van der Waals surface area contributed by atoms with Gasteiger partial charge in [0.25, 0.3) is 0 Å². The topological polar surface area (TPSA) is 73.2 Å². The molecule has 0 radical (unpaired) electrons. The largest absolute Gasteiger partial charge is 0.313 e. The summed E-state index contributed by atoms with van der Waals surface area (Å²) in [7, 11) is -1.91. The molecule has 5 nitrogen and oxygen atoms in total. The third-order valence-corrected chi connectivity index (χ3v) is 5.37. The zero-order valence-electron chi connectivity index (χ0n) is 10.5. The highest BCUT2D eigenvalue weighted by Gasteiger charge is 2.30. The van der Waals surface area contributed by atoms with E-state index in [2.05, 4.69) is 5.32 Å². The summed E-state index contributed by atoms with van der Waals surface area (Å²) in [5, 5.41) is 11.2. The average Bonchev–Trinajstić information content (AvgIpc) is 2.31. The summed E-state index contributed by atoms with van der Waals surface area (Å²) in [5.41, 5.74) is 0. The van der Waals surface area contributed by atoms with Gasteiger partial charge in [-0.05, 0) is 25.8 Å². The zero-order chi connectivity index (χ0) is 12.9. The second kappa shape index (κ2) is 6.34. The first-order chi connectivity index (χ1) is 8.02. The molecule has 1 heterocycles. The smallest absolute Gasteiger partial charge is 0.230 e. The standard InChI is InChI=1S/C11H21N3O2S/c1-3-11(8-12)17(15,16)14(2)9-10-6-4-5-7-13-10/h10-11,13H,3-7,9H2,1-2H3. The fraction of sp³-hybridized carbons (Fsp3) is 0.909. The molecule has 1 fully saturated rings. The van der Waals surface area contributed by atoms with Crippen LogP contribution in [0.2, 0.25) is 0 Å². The lowest BCUT2D eigenvalue weighted by atomic mass is 10.1. The molecule has 0 aromatic rings. The molecule has 0 spiro atoms. The number of piperidine rings is 1. The van der Waals surface area contributed by atoms with Gasteiger partial charge in [-0.3, -0.25) is 0 Å². The molecule has 98 valence electrons. The summed E-state index contributed by atoms with van der Waals surface area (Å²) >= 11 is 0. The molecular weight excluding hydrogens is 238 g/mol. The van der Waals surface area contributed by atoms with Crippen molar-refractivity contribution in [1.29, 1.82) is 5.26 Å². The Kier molecular flexibility index (Phi) is 5.37. The predicted molar refractivity (Wildman–Crippen MR) is 66.9 cm³/mol. The molecular formula is C11H21N3O2S. The van der Waals surface area contributed by atoms with Crippen molar-refractivity contribution in [2.45, 2.75) is 43.9 Å². The van der Waals surface area contributed by atoms with Crippen molar-refractivity contribution in [1.82, 2.24) is 9.62 Å². The van der Waals surface area contributed by atoms with Crippen LogP contribution in [0.5, 0.6) is 0 Å². The molecule has 0 aromatic carbocycles. The summed E-state index contributed by atoms with van der Waals surface area (Å²) in [6.07, 6.45) is 3.63. The number of hydrogen-bond acceptors (Lipinski definition) is 4. The summed E-state index contributed by atoms with van der Waals surface area (Å²) in [6, 6.07) is 2.08. The van der Waals surface area contributed by atoms with Gasteiger partial charge in [0.2, 0.25) is 10.0 Å². The normalized spacial score (nSPS) is 23.3. The van der Waals surface area contributed by atoms with Crippen LogP contribution in [-0.4, -0.2) is 44.2 Å². The number of nitrogens with one attached hydrogen (secondary N) is 1. The Labute approximate surface area is 104 Å². The monoisotopic (exact) mass is 259 g/mol. The number of sulfonamides is 1. The van der Waals surface area contributed by atoms with E-state index >= 15 is 0 Å². The summed E-state index contributed by atoms with van der Waals surface area (Å²) in [5.74, 6) is 0. The van der Waals surface area contributed by atoms with E-state index in [1.807, 2.05) is 6.07 Å². The molecule has 6 heteroatoms. The fourth-order valence-electron chi connectivity index (χ4n) is 2.08. The van der Waals surface area contributed by atoms with E-state index in [9.17, 15) is 8.42 Å². The first-order valence-corrected chi connectivity index (χ1v) is 7.60. The lowest BCUT2D eigenvalue weighted by molar-refractivity contribution is 0.336. The molecule has 1 N–H and O–H groups in total. The minimum absolute atomic E-state index is 0.222. The fourth-order valence-corrected chi connectivity index (χ4v) is 3.46. The lowest BCUT2D eigenvalue weighted by Gasteiger charge is -2.28. The van der Waals surface area contributed by atoms with E-state index in [1.165, 1.54) is 4.31 Å². The third-order valence-electron chi connectivity index (χ3n) is 3.20. The highest BCUT2D eigenvalue weighted by Crippen LogP contribution is 2.13. The van der Waals surface area contributed by atoms with E-state index in [1.54, 1.807) is 14.0 Å². The Bertz CT molecular complexity index is 369. The highest BCUT2D eigenvalue weighted by atomic mass is 32.2. The third kappa shape index (κ3) is 3.66. The van der Waals surface area contributed by atoms with Crippen LogP contribution in [0.1, 0.15) is 32.6 Å². The Morgan fingerprint density at radius 2 is 2.24 bits per heavy atom. The Balaban J connectivity index is 2.62. The minimum atomic E-state index is -3.47. The molecule has 1 aliphatic rings. The van der Waals surface area contributed by atoms with E-state index in [4.69, 9.17) is 5.26 Å². The van der Waals surface area contributed by atoms with E-state index in [-0.39, 0.29) is 6.04 Å². The summed E-state index contributed by atoms with van der Waals surface area (Å²) in [6.45, 7) is 3.13. The second-order valence-electron chi connectivity index (χ2n) is 4.50. The van der Waals surface area contributed by atoms with Crippen molar-refractivity contribution in [3.63, 3.8) is 0 Å². The maximum atomic E-state index is 12.0. The van der Waals surface area contributed by atoms with Crippen molar-refractivity contribution >= 4 is 10.0 Å². The van der Waals surface area contributed by atoms with Crippen molar-refractivity contribution in [3.8, 4) is 6.07 Å². The first kappa shape index (κ1) is 14.4. The van der Waals surface area contributed by atoms with Crippen LogP contribution in [0.15, 0.2) is 0 Å². The minimum Gasteiger partial charge on any atom is -0.313 e. The molecule has 0 aliphatic carbocycles. The Morgan fingerprint density at radius 3 is 2.71 bits per heavy atom. The van der Waals surface area contributed by atoms with Gasteiger partial charge in [-0.1, -0.05) is 13.3 Å². The lowest BCUT2D eigenvalue weighted by Crippen LogP contribution is -2.46. The summed E-state index contributed by atoms with van der Waals surface area (Å²) in [4.78, 5) is 0. The van der Waals surface area contributed by atoms with Gasteiger partial charge in [0.1, 0.15) is 0 Å². The quantitative estimate of drug-likeness (QED) is 0.788. The maximum absolute atomic E-state index is 12.0. The molecule has 1 aliphatic heterocycles. The number of rotatable bonds is 5. The molecule has 1 rings (SSSR count). The SMILES string of the molecule is CCC(C#N)S(=O)(=O)N(C)CC1CCCCN1. The van der Waals surface area contributed by atoms with E-state index < -0.39 is 15.3 Å². The average molecular weight is 259 g/mol. The van der Waals surface area contributed by atoms with Crippen LogP contribution in [0.3, 0.4) is 0 Å². The number of hydrogen-bond donors (Lipinski definition) is 1. The molecule has 1 saturated heterocycles. The van der Waals surface area contributed by atoms with Crippen LogP contribution in [0.4, 0.5) is 0 Å². The number of nitriles is 1. The van der Waals surface area contributed by atoms with Crippen LogP contribution >= 0.6 is 0 Å². The number of nitrogens with zero attached hydrogens (tertiary/aromatic N) is 2. The first-order valence-electron chi connectivity index (χ1n) is 6.10. The molecule has 0 saturated carbocycles. The van der Waals surface area contributed by atoms with Gasteiger partial charge in [0, 0.05) is 19.6 Å². The van der Waals surface area contributed by atoms with Gasteiger partial charge >= 0.3 is 0 Å². The predicted octanol–water partition coefficient (Wildman–Crippen LogP) is 0.692. The molecule has 2 atom stereocenters. The highest BCUT2D eigenvalue weighted by molar-refractivity contribution is 7.89. The van der Waals surface area contributed by atoms with Gasteiger partial charge < -0.3 is 5.32 Å². The van der Waals surface area contributed by atoms with Gasteiger partial charge in [-0.25, -0.2) is 12.7 Å². The maximum Gasteiger partial charge on any atom is 0.230 e. The summed E-state index contributed by atoms with van der Waals surface area (Å²) < 4.78 is 25.4. The van der Waals surface area contributed by atoms with Crippen molar-refractivity contribution < 1.29 is 8.42 Å². The molecule has 0 amide bonds. The zero-order valence-corrected chi connectivity index (χ0v) is 11.3. The van der Waals surface area contributed by atoms with Crippen molar-refractivity contribution in [3.05, 3.63) is 0 Å². The van der Waals surface area contributed by atoms with Crippen LogP contribution in [0, 0.1) is 11.3 Å². The molecule has 17 heavy (non-hydrogen) atoms. The van der Waals surface area contributed by atoms with Gasteiger partial charge in [0.05, 0.1) is 6.07 Å². The van der Waals surface area contributed by atoms with E-state index in [0.717, 1.165) is 25.8 Å². The van der Waals surface area contributed by atoms with Gasteiger partial charge in [-0.2, -0.15) is 5.26 Å². The Morgan fingerprint density at radius 1 is 1.53 bits per heavy atom. The van der Waals surface area contributed by atoms with Gasteiger partial charge in [0.15, 0.2) is 5.25 Å². The second-order valence-corrected chi connectivity index (χ2v) is 6.72. The molecule has 0 bridgehead atoms. The van der Waals surface area contributed by atoms with Crippen molar-refractivity contribution in [2.24, 2.45) is 0 Å².